The average molecular weight is 225 g/mol. The summed E-state index contributed by atoms with van der Waals surface area (Å²) in [4.78, 5) is 0. The van der Waals surface area contributed by atoms with Crippen LogP contribution in [-0.4, -0.2) is 0 Å². The standard InChI is InChI=1S/C17H21/c1-3-4-8-14(2)13-16-11-7-10-15-9-5-6-12-17(15)16/h5-7,9-12,14H,1,3-4,8,13H2,2H3. The number of benzene rings is 2. The highest BCUT2D eigenvalue weighted by Crippen LogP contribution is 2.22. The molecule has 17 heavy (non-hydrogen) atoms. The summed E-state index contributed by atoms with van der Waals surface area (Å²) in [5.41, 5.74) is 1.49. The first-order valence-corrected chi connectivity index (χ1v) is 6.57. The Bertz CT molecular complexity index is 465. The molecular weight excluding hydrogens is 204 g/mol. The van der Waals surface area contributed by atoms with Crippen LogP contribution in [0.2, 0.25) is 0 Å². The summed E-state index contributed by atoms with van der Waals surface area (Å²) >= 11 is 0. The summed E-state index contributed by atoms with van der Waals surface area (Å²) < 4.78 is 0. The summed E-state index contributed by atoms with van der Waals surface area (Å²) in [6, 6.07) is 15.3. The molecule has 0 N–H and O–H groups in total. The number of rotatable bonds is 5. The van der Waals surface area contributed by atoms with Crippen LogP contribution < -0.4 is 0 Å². The van der Waals surface area contributed by atoms with E-state index in [4.69, 9.17) is 0 Å². The predicted molar refractivity (Wildman–Crippen MR) is 76.0 cm³/mol. The first kappa shape index (κ1) is 12.2. The van der Waals surface area contributed by atoms with E-state index in [-0.39, 0.29) is 0 Å². The molecule has 0 bridgehead atoms. The van der Waals surface area contributed by atoms with Gasteiger partial charge in [0.15, 0.2) is 0 Å². The van der Waals surface area contributed by atoms with Crippen LogP contribution in [0.5, 0.6) is 0 Å². The van der Waals surface area contributed by atoms with E-state index >= 15 is 0 Å². The molecule has 0 aliphatic heterocycles. The zero-order valence-corrected chi connectivity index (χ0v) is 10.7. The molecule has 0 aliphatic rings. The Labute approximate surface area is 105 Å². The molecule has 0 heterocycles. The van der Waals surface area contributed by atoms with Gasteiger partial charge in [0.1, 0.15) is 0 Å². The Hall–Kier alpha value is -1.30. The van der Waals surface area contributed by atoms with E-state index in [9.17, 15) is 0 Å². The van der Waals surface area contributed by atoms with E-state index in [0.717, 1.165) is 12.3 Å². The van der Waals surface area contributed by atoms with Crippen molar-refractivity contribution in [2.24, 2.45) is 5.92 Å². The van der Waals surface area contributed by atoms with Crippen molar-refractivity contribution in [3.63, 3.8) is 0 Å². The molecule has 2 aromatic rings. The summed E-state index contributed by atoms with van der Waals surface area (Å²) in [6.45, 7) is 6.26. The summed E-state index contributed by atoms with van der Waals surface area (Å²) in [5, 5.41) is 2.77. The second-order valence-electron chi connectivity index (χ2n) is 4.94. The van der Waals surface area contributed by atoms with Crippen molar-refractivity contribution in [2.45, 2.75) is 32.6 Å². The van der Waals surface area contributed by atoms with Gasteiger partial charge in [0, 0.05) is 0 Å². The lowest BCUT2D eigenvalue weighted by Crippen LogP contribution is -2.00. The second-order valence-corrected chi connectivity index (χ2v) is 4.94. The largest absolute Gasteiger partial charge is 0.0622 e. The summed E-state index contributed by atoms with van der Waals surface area (Å²) in [5.74, 6) is 0.752. The lowest BCUT2D eigenvalue weighted by molar-refractivity contribution is 0.511. The molecule has 2 rings (SSSR count). The molecule has 0 nitrogen and oxygen atoms in total. The minimum absolute atomic E-state index is 0.752. The third kappa shape index (κ3) is 3.09. The van der Waals surface area contributed by atoms with Crippen molar-refractivity contribution < 1.29 is 0 Å². The van der Waals surface area contributed by atoms with Gasteiger partial charge in [-0.25, -0.2) is 0 Å². The monoisotopic (exact) mass is 225 g/mol. The minimum Gasteiger partial charge on any atom is -0.0622 e. The van der Waals surface area contributed by atoms with Crippen LogP contribution in [-0.2, 0) is 6.42 Å². The molecule has 0 saturated heterocycles. The van der Waals surface area contributed by atoms with Crippen LogP contribution in [0.15, 0.2) is 42.5 Å². The maximum Gasteiger partial charge on any atom is -0.0152 e. The number of unbranched alkanes of at least 4 members (excludes halogenated alkanes) is 1. The van der Waals surface area contributed by atoms with Crippen LogP contribution in [0, 0.1) is 12.8 Å². The fourth-order valence-electron chi connectivity index (χ4n) is 2.44. The van der Waals surface area contributed by atoms with Crippen molar-refractivity contribution in [3.8, 4) is 0 Å². The minimum atomic E-state index is 0.752. The zero-order chi connectivity index (χ0) is 12.1. The molecule has 0 aliphatic carbocycles. The lowest BCUT2D eigenvalue weighted by Gasteiger charge is -2.12. The Kier molecular flexibility index (Phi) is 4.19. The highest BCUT2D eigenvalue weighted by atomic mass is 14.1. The average Bonchev–Trinajstić information content (AvgIpc) is 2.37. The van der Waals surface area contributed by atoms with E-state index in [1.54, 1.807) is 0 Å². The van der Waals surface area contributed by atoms with Crippen LogP contribution in [0.4, 0.5) is 0 Å². The molecule has 0 aromatic heterocycles. The van der Waals surface area contributed by atoms with Gasteiger partial charge >= 0.3 is 0 Å². The van der Waals surface area contributed by atoms with Crippen molar-refractivity contribution in [1.29, 1.82) is 0 Å². The molecule has 0 saturated carbocycles. The van der Waals surface area contributed by atoms with Gasteiger partial charge in [0.05, 0.1) is 0 Å². The van der Waals surface area contributed by atoms with Gasteiger partial charge in [0.25, 0.3) is 0 Å². The molecule has 1 unspecified atom stereocenters. The SMILES string of the molecule is [CH2]CCCC(C)Cc1cccc2ccccc12. The van der Waals surface area contributed by atoms with Crippen molar-refractivity contribution >= 4 is 10.8 Å². The quantitative estimate of drug-likeness (QED) is 0.670. The number of hydrogen-bond donors (Lipinski definition) is 0. The number of hydrogen-bond acceptors (Lipinski definition) is 0. The first-order valence-electron chi connectivity index (χ1n) is 6.57. The Morgan fingerprint density at radius 1 is 1.06 bits per heavy atom. The Morgan fingerprint density at radius 2 is 1.82 bits per heavy atom. The van der Waals surface area contributed by atoms with Gasteiger partial charge in [0.2, 0.25) is 0 Å². The van der Waals surface area contributed by atoms with E-state index in [1.807, 2.05) is 0 Å². The molecule has 1 radical (unpaired) electrons. The van der Waals surface area contributed by atoms with Gasteiger partial charge in [-0.3, -0.25) is 0 Å². The van der Waals surface area contributed by atoms with Crippen molar-refractivity contribution in [1.82, 2.24) is 0 Å². The van der Waals surface area contributed by atoms with Gasteiger partial charge in [-0.2, -0.15) is 0 Å². The van der Waals surface area contributed by atoms with E-state index in [0.29, 0.717) is 0 Å². The molecule has 89 valence electrons. The smallest absolute Gasteiger partial charge is 0.0152 e. The molecule has 0 amide bonds. The lowest BCUT2D eigenvalue weighted by atomic mass is 9.93. The summed E-state index contributed by atoms with van der Waals surface area (Å²) in [7, 11) is 0. The van der Waals surface area contributed by atoms with Crippen LogP contribution >= 0.6 is 0 Å². The highest BCUT2D eigenvalue weighted by Gasteiger charge is 2.06. The van der Waals surface area contributed by atoms with Gasteiger partial charge in [-0.05, 0) is 28.7 Å². The molecule has 2 aromatic carbocycles. The molecular formula is C17H21. The normalized spacial score (nSPS) is 12.8. The zero-order valence-electron chi connectivity index (χ0n) is 10.7. The van der Waals surface area contributed by atoms with Gasteiger partial charge in [-0.1, -0.05) is 75.6 Å². The van der Waals surface area contributed by atoms with Crippen LogP contribution in [0.25, 0.3) is 10.8 Å². The summed E-state index contributed by atoms with van der Waals surface area (Å²) in [6.07, 6.45) is 4.76. The fraction of sp³-hybridized carbons (Fsp3) is 0.353. The van der Waals surface area contributed by atoms with Crippen LogP contribution in [0.1, 0.15) is 31.7 Å². The third-order valence-corrected chi connectivity index (χ3v) is 3.40. The molecule has 0 fully saturated rings. The van der Waals surface area contributed by atoms with E-state index in [1.165, 1.54) is 35.6 Å². The first-order chi connectivity index (χ1) is 8.31. The van der Waals surface area contributed by atoms with Crippen molar-refractivity contribution in [3.05, 3.63) is 55.0 Å². The highest BCUT2D eigenvalue weighted by molar-refractivity contribution is 5.85. The Morgan fingerprint density at radius 3 is 2.65 bits per heavy atom. The topological polar surface area (TPSA) is 0 Å². The maximum absolute atomic E-state index is 3.91. The molecule has 0 heteroatoms. The predicted octanol–water partition coefficient (Wildman–Crippen LogP) is 5.02. The van der Waals surface area contributed by atoms with E-state index < -0.39 is 0 Å². The van der Waals surface area contributed by atoms with Gasteiger partial charge in [-0.15, -0.1) is 0 Å². The van der Waals surface area contributed by atoms with Gasteiger partial charge < -0.3 is 0 Å². The number of fused-ring (bicyclic) bond motifs is 1. The third-order valence-electron chi connectivity index (χ3n) is 3.40. The van der Waals surface area contributed by atoms with Crippen molar-refractivity contribution in [2.75, 3.05) is 0 Å². The van der Waals surface area contributed by atoms with E-state index in [2.05, 4.69) is 56.3 Å². The van der Waals surface area contributed by atoms with Crippen LogP contribution in [0.3, 0.4) is 0 Å². The second kappa shape index (κ2) is 5.86. The fourth-order valence-corrected chi connectivity index (χ4v) is 2.44. The molecule has 0 spiro atoms. The maximum atomic E-state index is 3.91. The molecule has 1 atom stereocenters. The Balaban J connectivity index is 2.18.